The van der Waals surface area contributed by atoms with Gasteiger partial charge in [-0.15, -0.1) is 0 Å². The Morgan fingerprint density at radius 1 is 1.40 bits per heavy atom. The molecule has 1 unspecified atom stereocenters. The molecule has 7 heteroatoms. The van der Waals surface area contributed by atoms with E-state index in [0.29, 0.717) is 0 Å². The SMILES string of the molecule is Cn1c(C(N)C(=O)O)cc(=O)n(C)c1=O. The summed E-state index contributed by atoms with van der Waals surface area (Å²) in [5.74, 6) is -1.29. The van der Waals surface area contributed by atoms with E-state index in [-0.39, 0.29) is 5.69 Å². The van der Waals surface area contributed by atoms with E-state index in [4.69, 9.17) is 10.8 Å². The van der Waals surface area contributed by atoms with Gasteiger partial charge in [0.05, 0.1) is 5.69 Å². The molecule has 0 saturated carbocycles. The van der Waals surface area contributed by atoms with Crippen molar-refractivity contribution in [1.29, 1.82) is 0 Å². The number of carbonyl (C=O) groups is 1. The lowest BCUT2D eigenvalue weighted by Gasteiger charge is -2.12. The molecule has 0 bridgehead atoms. The van der Waals surface area contributed by atoms with Crippen LogP contribution in [-0.4, -0.2) is 20.2 Å². The summed E-state index contributed by atoms with van der Waals surface area (Å²) in [7, 11) is 2.67. The van der Waals surface area contributed by atoms with Gasteiger partial charge in [-0.05, 0) is 0 Å². The smallest absolute Gasteiger partial charge is 0.330 e. The zero-order chi connectivity index (χ0) is 11.7. The Balaban J connectivity index is 3.53. The van der Waals surface area contributed by atoms with E-state index < -0.39 is 23.3 Å². The highest BCUT2D eigenvalue weighted by Crippen LogP contribution is 2.04. The van der Waals surface area contributed by atoms with Crippen molar-refractivity contribution in [2.45, 2.75) is 6.04 Å². The van der Waals surface area contributed by atoms with Crippen LogP contribution in [0.3, 0.4) is 0 Å². The highest BCUT2D eigenvalue weighted by molar-refractivity contribution is 5.74. The van der Waals surface area contributed by atoms with Crippen molar-refractivity contribution in [2.24, 2.45) is 19.8 Å². The lowest BCUT2D eigenvalue weighted by Crippen LogP contribution is -2.40. The molecule has 0 fully saturated rings. The third kappa shape index (κ3) is 1.82. The molecular weight excluding hydrogens is 202 g/mol. The number of carboxylic acids is 1. The van der Waals surface area contributed by atoms with Crippen LogP contribution < -0.4 is 17.0 Å². The summed E-state index contributed by atoms with van der Waals surface area (Å²) in [6, 6.07) is -0.336. The Bertz CT molecular complexity index is 514. The number of aromatic nitrogens is 2. The Morgan fingerprint density at radius 2 is 1.93 bits per heavy atom. The van der Waals surface area contributed by atoms with Gasteiger partial charge in [0.25, 0.3) is 5.56 Å². The third-order valence-electron chi connectivity index (χ3n) is 2.15. The van der Waals surface area contributed by atoms with Gasteiger partial charge in [-0.2, -0.15) is 0 Å². The second-order valence-electron chi connectivity index (χ2n) is 3.12. The molecular formula is C8H11N3O4. The van der Waals surface area contributed by atoms with Gasteiger partial charge in [0.15, 0.2) is 0 Å². The summed E-state index contributed by atoms with van der Waals surface area (Å²) < 4.78 is 1.91. The van der Waals surface area contributed by atoms with Crippen LogP contribution in [0.2, 0.25) is 0 Å². The highest BCUT2D eigenvalue weighted by atomic mass is 16.4. The zero-order valence-electron chi connectivity index (χ0n) is 8.30. The van der Waals surface area contributed by atoms with Crippen molar-refractivity contribution < 1.29 is 9.90 Å². The molecule has 7 nitrogen and oxygen atoms in total. The molecule has 1 aromatic rings. The van der Waals surface area contributed by atoms with Gasteiger partial charge in [0, 0.05) is 20.2 Å². The fraction of sp³-hybridized carbons (Fsp3) is 0.375. The molecule has 0 spiro atoms. The fourth-order valence-corrected chi connectivity index (χ4v) is 1.17. The third-order valence-corrected chi connectivity index (χ3v) is 2.15. The monoisotopic (exact) mass is 213 g/mol. The molecule has 82 valence electrons. The molecule has 0 aromatic carbocycles. The lowest BCUT2D eigenvalue weighted by atomic mass is 10.2. The lowest BCUT2D eigenvalue weighted by molar-refractivity contribution is -0.138. The predicted octanol–water partition coefficient (Wildman–Crippen LogP) is -1.83. The molecule has 0 radical (unpaired) electrons. The van der Waals surface area contributed by atoms with Crippen LogP contribution in [0.15, 0.2) is 15.7 Å². The van der Waals surface area contributed by atoms with Crippen LogP contribution >= 0.6 is 0 Å². The summed E-state index contributed by atoms with van der Waals surface area (Å²) in [6.45, 7) is 0. The number of aliphatic carboxylic acids is 1. The first-order valence-corrected chi connectivity index (χ1v) is 4.11. The second kappa shape index (κ2) is 3.70. The maximum atomic E-state index is 11.4. The fourth-order valence-electron chi connectivity index (χ4n) is 1.17. The Labute approximate surface area is 84.4 Å². The molecule has 1 aromatic heterocycles. The van der Waals surface area contributed by atoms with Gasteiger partial charge in [-0.3, -0.25) is 18.7 Å². The Morgan fingerprint density at radius 3 is 2.40 bits per heavy atom. The van der Waals surface area contributed by atoms with E-state index in [1.165, 1.54) is 14.1 Å². The van der Waals surface area contributed by atoms with Crippen LogP contribution in [0.5, 0.6) is 0 Å². The van der Waals surface area contributed by atoms with Gasteiger partial charge < -0.3 is 10.8 Å². The van der Waals surface area contributed by atoms with Crippen molar-refractivity contribution in [2.75, 3.05) is 0 Å². The molecule has 1 heterocycles. The molecule has 3 N–H and O–H groups in total. The normalized spacial score (nSPS) is 12.5. The number of rotatable bonds is 2. The summed E-state index contributed by atoms with van der Waals surface area (Å²) in [5.41, 5.74) is 4.12. The van der Waals surface area contributed by atoms with Crippen molar-refractivity contribution in [3.63, 3.8) is 0 Å². The standard InChI is InChI=1S/C8H11N3O4/c1-10-4(6(9)7(13)14)3-5(12)11(2)8(10)15/h3,6H,9H2,1-2H3,(H,13,14). The van der Waals surface area contributed by atoms with Crippen molar-refractivity contribution in [3.05, 3.63) is 32.6 Å². The number of nitrogens with zero attached hydrogens (tertiary/aromatic N) is 2. The summed E-state index contributed by atoms with van der Waals surface area (Å²) in [4.78, 5) is 33.3. The Kier molecular flexibility index (Phi) is 2.76. The van der Waals surface area contributed by atoms with E-state index in [1.54, 1.807) is 0 Å². The first kappa shape index (κ1) is 11.2. The molecule has 0 amide bonds. The summed E-state index contributed by atoms with van der Waals surface area (Å²) in [6.07, 6.45) is 0. The number of carboxylic acid groups (broad SMARTS) is 1. The van der Waals surface area contributed by atoms with Crippen LogP contribution in [0.1, 0.15) is 11.7 Å². The largest absolute Gasteiger partial charge is 0.480 e. The minimum absolute atomic E-state index is 0.0180. The molecule has 1 atom stereocenters. The molecule has 0 saturated heterocycles. The molecule has 0 aliphatic carbocycles. The number of hydrogen-bond acceptors (Lipinski definition) is 4. The molecule has 15 heavy (non-hydrogen) atoms. The summed E-state index contributed by atoms with van der Waals surface area (Å²) >= 11 is 0. The van der Waals surface area contributed by atoms with E-state index in [2.05, 4.69) is 0 Å². The first-order valence-electron chi connectivity index (χ1n) is 4.11. The number of hydrogen-bond donors (Lipinski definition) is 2. The van der Waals surface area contributed by atoms with E-state index in [1.807, 2.05) is 0 Å². The zero-order valence-corrected chi connectivity index (χ0v) is 8.30. The predicted molar refractivity (Wildman–Crippen MR) is 51.5 cm³/mol. The van der Waals surface area contributed by atoms with E-state index in [9.17, 15) is 14.4 Å². The van der Waals surface area contributed by atoms with Crippen molar-refractivity contribution >= 4 is 5.97 Å². The van der Waals surface area contributed by atoms with Crippen LogP contribution in [0, 0.1) is 0 Å². The van der Waals surface area contributed by atoms with Gasteiger partial charge in [0.2, 0.25) is 0 Å². The first-order chi connectivity index (χ1) is 6.86. The highest BCUT2D eigenvalue weighted by Gasteiger charge is 2.19. The number of nitrogens with two attached hydrogens (primary N) is 1. The van der Waals surface area contributed by atoms with Crippen molar-refractivity contribution in [1.82, 2.24) is 9.13 Å². The maximum Gasteiger partial charge on any atom is 0.330 e. The minimum Gasteiger partial charge on any atom is -0.480 e. The van der Waals surface area contributed by atoms with Gasteiger partial charge >= 0.3 is 11.7 Å². The van der Waals surface area contributed by atoms with Gasteiger partial charge in [-0.1, -0.05) is 0 Å². The molecule has 1 rings (SSSR count). The van der Waals surface area contributed by atoms with Crippen LogP contribution in [0.25, 0.3) is 0 Å². The maximum absolute atomic E-state index is 11.4. The van der Waals surface area contributed by atoms with Crippen LogP contribution in [0.4, 0.5) is 0 Å². The molecule has 0 aliphatic rings. The minimum atomic E-state index is -1.38. The van der Waals surface area contributed by atoms with E-state index >= 15 is 0 Å². The Hall–Kier alpha value is -1.89. The van der Waals surface area contributed by atoms with Gasteiger partial charge in [0.1, 0.15) is 6.04 Å². The average Bonchev–Trinajstić information content (AvgIpc) is 2.19. The molecule has 0 aliphatic heterocycles. The topological polar surface area (TPSA) is 107 Å². The second-order valence-corrected chi connectivity index (χ2v) is 3.12. The van der Waals surface area contributed by atoms with Gasteiger partial charge in [-0.25, -0.2) is 4.79 Å². The van der Waals surface area contributed by atoms with Crippen molar-refractivity contribution in [3.8, 4) is 0 Å². The summed E-state index contributed by atoms with van der Waals surface area (Å²) in [5, 5.41) is 8.66. The quantitative estimate of drug-likeness (QED) is 0.600. The van der Waals surface area contributed by atoms with E-state index in [0.717, 1.165) is 15.2 Å². The average molecular weight is 213 g/mol. The van der Waals surface area contributed by atoms with Crippen LogP contribution in [-0.2, 0) is 18.9 Å².